The van der Waals surface area contributed by atoms with Gasteiger partial charge in [-0.3, -0.25) is 4.79 Å². The van der Waals surface area contributed by atoms with E-state index < -0.39 is 0 Å². The molecule has 0 aliphatic carbocycles. The zero-order chi connectivity index (χ0) is 19.1. The molecule has 27 heavy (non-hydrogen) atoms. The molecule has 1 aliphatic rings. The average molecular weight is 372 g/mol. The number of quaternary nitrogens is 1. The van der Waals surface area contributed by atoms with Gasteiger partial charge >= 0.3 is 5.91 Å². The van der Waals surface area contributed by atoms with Gasteiger partial charge in [-0.2, -0.15) is 5.10 Å². The summed E-state index contributed by atoms with van der Waals surface area (Å²) in [5, 5.41) is 3.99. The Labute approximate surface area is 158 Å². The second-order valence-electron chi connectivity index (χ2n) is 6.74. The smallest absolute Gasteiger partial charge is 0.307 e. The van der Waals surface area contributed by atoms with Crippen LogP contribution in [0.2, 0.25) is 0 Å². The van der Waals surface area contributed by atoms with Gasteiger partial charge in [0, 0.05) is 0 Å². The standard InChI is InChI=1S/C20H25N3O4/c1-15(2)26-17-5-3-16(4-6-17)13-21-22-20(24)19-8-7-18(27-19)14-23-9-11-25-12-10-23/h3-8,13,15H,9-12,14H2,1-2H3,(H,22,24)/p+1. The van der Waals surface area contributed by atoms with Crippen LogP contribution in [0, 0.1) is 0 Å². The maximum Gasteiger partial charge on any atom is 0.307 e. The number of morpholine rings is 1. The SMILES string of the molecule is CC(C)Oc1ccc(C=NNC(=O)c2ccc(C[NH+]3CCOCC3)o2)cc1. The largest absolute Gasteiger partial charge is 0.491 e. The van der Waals surface area contributed by atoms with Crippen molar-refractivity contribution in [3.63, 3.8) is 0 Å². The molecule has 2 N–H and O–H groups in total. The molecule has 0 bridgehead atoms. The van der Waals surface area contributed by atoms with Gasteiger partial charge < -0.3 is 18.8 Å². The molecule has 3 rings (SSSR count). The van der Waals surface area contributed by atoms with Gasteiger partial charge in [-0.05, 0) is 55.8 Å². The van der Waals surface area contributed by atoms with Crippen LogP contribution in [0.4, 0.5) is 0 Å². The van der Waals surface area contributed by atoms with Crippen LogP contribution >= 0.6 is 0 Å². The molecule has 1 aliphatic heterocycles. The number of carbonyl (C=O) groups excluding carboxylic acids is 1. The fraction of sp³-hybridized carbons (Fsp3) is 0.400. The number of ether oxygens (including phenoxy) is 2. The lowest BCUT2D eigenvalue weighted by molar-refractivity contribution is -0.922. The Bertz CT molecular complexity index is 762. The summed E-state index contributed by atoms with van der Waals surface area (Å²) in [6.45, 7) is 8.15. The van der Waals surface area contributed by atoms with Crippen LogP contribution in [0.3, 0.4) is 0 Å². The van der Waals surface area contributed by atoms with Gasteiger partial charge in [0.15, 0.2) is 11.5 Å². The number of carbonyl (C=O) groups is 1. The zero-order valence-electron chi connectivity index (χ0n) is 15.7. The second-order valence-corrected chi connectivity index (χ2v) is 6.74. The van der Waals surface area contributed by atoms with Crippen LogP contribution in [0.1, 0.15) is 35.7 Å². The van der Waals surface area contributed by atoms with Crippen molar-refractivity contribution < 1.29 is 23.6 Å². The minimum Gasteiger partial charge on any atom is -0.491 e. The minimum absolute atomic E-state index is 0.131. The number of nitrogens with zero attached hydrogens (tertiary/aromatic N) is 1. The fourth-order valence-electron chi connectivity index (χ4n) is 2.80. The summed E-state index contributed by atoms with van der Waals surface area (Å²) in [4.78, 5) is 13.5. The first kappa shape index (κ1) is 19.1. The molecule has 0 saturated carbocycles. The van der Waals surface area contributed by atoms with Crippen molar-refractivity contribution in [2.24, 2.45) is 5.10 Å². The lowest BCUT2D eigenvalue weighted by Crippen LogP contribution is -3.12. The van der Waals surface area contributed by atoms with Gasteiger partial charge in [0.25, 0.3) is 0 Å². The van der Waals surface area contributed by atoms with E-state index in [-0.39, 0.29) is 17.8 Å². The van der Waals surface area contributed by atoms with E-state index in [1.54, 1.807) is 12.3 Å². The lowest BCUT2D eigenvalue weighted by atomic mass is 10.2. The summed E-state index contributed by atoms with van der Waals surface area (Å²) in [6.07, 6.45) is 1.71. The third-order valence-corrected chi connectivity index (χ3v) is 4.14. The molecule has 1 aromatic heterocycles. The van der Waals surface area contributed by atoms with Gasteiger partial charge in [-0.25, -0.2) is 5.43 Å². The average Bonchev–Trinajstić information content (AvgIpc) is 3.12. The van der Waals surface area contributed by atoms with Crippen LogP contribution < -0.4 is 15.1 Å². The molecule has 2 heterocycles. The number of hydrogen-bond donors (Lipinski definition) is 2. The van der Waals surface area contributed by atoms with Crippen molar-refractivity contribution >= 4 is 12.1 Å². The predicted molar refractivity (Wildman–Crippen MR) is 101 cm³/mol. The van der Waals surface area contributed by atoms with Gasteiger partial charge in [-0.1, -0.05) is 0 Å². The van der Waals surface area contributed by atoms with Crippen molar-refractivity contribution in [1.29, 1.82) is 0 Å². The summed E-state index contributed by atoms with van der Waals surface area (Å²) in [6, 6.07) is 11.0. The third kappa shape index (κ3) is 5.94. The van der Waals surface area contributed by atoms with Crippen LogP contribution in [-0.4, -0.2) is 44.5 Å². The van der Waals surface area contributed by atoms with E-state index in [4.69, 9.17) is 13.9 Å². The van der Waals surface area contributed by atoms with Crippen molar-refractivity contribution in [3.05, 3.63) is 53.5 Å². The molecular weight excluding hydrogens is 346 g/mol. The summed E-state index contributed by atoms with van der Waals surface area (Å²) in [5.74, 6) is 1.49. The molecule has 2 aromatic rings. The van der Waals surface area contributed by atoms with E-state index in [0.717, 1.165) is 49.9 Å². The molecule has 1 saturated heterocycles. The second kappa shape index (κ2) is 9.34. The van der Waals surface area contributed by atoms with E-state index in [9.17, 15) is 4.79 Å². The van der Waals surface area contributed by atoms with Crippen molar-refractivity contribution in [3.8, 4) is 5.75 Å². The zero-order valence-corrected chi connectivity index (χ0v) is 15.7. The summed E-state index contributed by atoms with van der Waals surface area (Å²) < 4.78 is 16.6. The maximum atomic E-state index is 12.2. The van der Waals surface area contributed by atoms with E-state index in [1.807, 2.05) is 44.2 Å². The molecule has 0 unspecified atom stereocenters. The highest BCUT2D eigenvalue weighted by molar-refractivity contribution is 5.92. The highest BCUT2D eigenvalue weighted by atomic mass is 16.5. The number of hydrogen-bond acceptors (Lipinski definition) is 5. The highest BCUT2D eigenvalue weighted by Gasteiger charge is 2.17. The molecule has 0 radical (unpaired) electrons. The van der Waals surface area contributed by atoms with Crippen LogP contribution in [-0.2, 0) is 11.3 Å². The summed E-state index contributed by atoms with van der Waals surface area (Å²) in [5.41, 5.74) is 3.35. The summed E-state index contributed by atoms with van der Waals surface area (Å²) in [7, 11) is 0. The normalized spacial score (nSPS) is 15.4. The van der Waals surface area contributed by atoms with E-state index >= 15 is 0 Å². The molecule has 1 amide bonds. The van der Waals surface area contributed by atoms with Crippen LogP contribution in [0.25, 0.3) is 0 Å². The van der Waals surface area contributed by atoms with Gasteiger partial charge in [0.1, 0.15) is 25.4 Å². The number of nitrogens with one attached hydrogen (secondary N) is 2. The van der Waals surface area contributed by atoms with Crippen molar-refractivity contribution in [1.82, 2.24) is 5.43 Å². The molecule has 0 spiro atoms. The minimum atomic E-state index is -0.366. The Hall–Kier alpha value is -2.64. The number of rotatable bonds is 7. The van der Waals surface area contributed by atoms with Gasteiger partial charge in [-0.15, -0.1) is 0 Å². The molecule has 144 valence electrons. The van der Waals surface area contributed by atoms with Gasteiger partial charge in [0.05, 0.1) is 25.5 Å². The van der Waals surface area contributed by atoms with E-state index in [0.29, 0.717) is 0 Å². The van der Waals surface area contributed by atoms with Crippen molar-refractivity contribution in [2.75, 3.05) is 26.3 Å². The Morgan fingerprint density at radius 3 is 2.67 bits per heavy atom. The Kier molecular flexibility index (Phi) is 6.62. The van der Waals surface area contributed by atoms with Crippen molar-refractivity contribution in [2.45, 2.75) is 26.5 Å². The molecule has 1 fully saturated rings. The Morgan fingerprint density at radius 2 is 1.96 bits per heavy atom. The number of amides is 1. The van der Waals surface area contributed by atoms with Crippen LogP contribution in [0.15, 0.2) is 45.9 Å². The predicted octanol–water partition coefficient (Wildman–Crippen LogP) is 1.25. The number of benzene rings is 1. The quantitative estimate of drug-likeness (QED) is 0.566. The Balaban J connectivity index is 1.49. The highest BCUT2D eigenvalue weighted by Crippen LogP contribution is 2.12. The van der Waals surface area contributed by atoms with E-state index in [2.05, 4.69) is 10.5 Å². The summed E-state index contributed by atoms with van der Waals surface area (Å²) >= 11 is 0. The monoisotopic (exact) mass is 372 g/mol. The van der Waals surface area contributed by atoms with Gasteiger partial charge in [0.2, 0.25) is 0 Å². The lowest BCUT2D eigenvalue weighted by Gasteiger charge is -2.22. The molecule has 1 aromatic carbocycles. The first-order valence-electron chi connectivity index (χ1n) is 9.20. The molecule has 7 nitrogen and oxygen atoms in total. The fourth-order valence-corrected chi connectivity index (χ4v) is 2.80. The maximum absolute atomic E-state index is 12.2. The topological polar surface area (TPSA) is 77.5 Å². The first-order valence-corrected chi connectivity index (χ1v) is 9.20. The Morgan fingerprint density at radius 1 is 1.22 bits per heavy atom. The number of hydrazone groups is 1. The molecular formula is C20H26N3O4+. The first-order chi connectivity index (χ1) is 13.1. The van der Waals surface area contributed by atoms with E-state index in [1.165, 1.54) is 4.90 Å². The number of furan rings is 1. The van der Waals surface area contributed by atoms with Crippen LogP contribution in [0.5, 0.6) is 5.75 Å². The third-order valence-electron chi connectivity index (χ3n) is 4.14. The molecule has 7 heteroatoms. The molecule has 0 atom stereocenters.